The number of rotatable bonds is 9. The molecule has 2 aromatic carbocycles. The fourth-order valence-electron chi connectivity index (χ4n) is 3.09. The highest BCUT2D eigenvalue weighted by Gasteiger charge is 2.31. The predicted octanol–water partition coefficient (Wildman–Crippen LogP) is 2.39. The summed E-state index contributed by atoms with van der Waals surface area (Å²) in [4.78, 5) is 33.8. The Bertz CT molecular complexity index is 1370. The lowest BCUT2D eigenvalue weighted by Crippen LogP contribution is -2.43. The van der Waals surface area contributed by atoms with Crippen molar-refractivity contribution in [1.29, 1.82) is 0 Å². The van der Waals surface area contributed by atoms with E-state index in [9.17, 15) is 22.8 Å². The van der Waals surface area contributed by atoms with Gasteiger partial charge in [0, 0.05) is 6.54 Å². The van der Waals surface area contributed by atoms with Gasteiger partial charge in [-0.05, 0) is 35.4 Å². The molecule has 1 aromatic heterocycles. The van der Waals surface area contributed by atoms with Gasteiger partial charge in [-0.3, -0.25) is 9.56 Å². The number of halogens is 5. The van der Waals surface area contributed by atoms with Crippen LogP contribution in [0.25, 0.3) is 0 Å². The van der Waals surface area contributed by atoms with Crippen LogP contribution in [0.1, 0.15) is 11.1 Å². The molecule has 3 aromatic rings. The molecule has 192 valence electrons. The summed E-state index contributed by atoms with van der Waals surface area (Å²) in [6, 6.07) is 9.57. The average Bonchev–Trinajstić information content (AvgIpc) is 2.79. The Labute approximate surface area is 211 Å². The predicted molar refractivity (Wildman–Crippen MR) is 130 cm³/mol. The molecule has 0 unspecified atom stereocenters. The van der Waals surface area contributed by atoms with E-state index in [4.69, 9.17) is 34.7 Å². The Morgan fingerprint density at radius 3 is 2.25 bits per heavy atom. The van der Waals surface area contributed by atoms with Crippen molar-refractivity contribution < 1.29 is 17.9 Å². The van der Waals surface area contributed by atoms with Gasteiger partial charge in [-0.15, -0.1) is 13.2 Å². The molecule has 0 saturated heterocycles. The topological polar surface area (TPSA) is 143 Å². The molecule has 0 aliphatic carbocycles. The normalized spacial score (nSPS) is 11.2. The summed E-state index contributed by atoms with van der Waals surface area (Å²) in [5.74, 6) is -0.631. The zero-order valence-electron chi connectivity index (χ0n) is 18.4. The molecule has 10 nitrogen and oxygen atoms in total. The maximum atomic E-state index is 13.3. The van der Waals surface area contributed by atoms with Gasteiger partial charge < -0.3 is 21.5 Å². The molecule has 0 fully saturated rings. The van der Waals surface area contributed by atoms with Crippen LogP contribution in [0.4, 0.5) is 19.1 Å². The minimum Gasteiger partial charge on any atom is -0.406 e. The molecule has 5 N–H and O–H groups in total. The first-order chi connectivity index (χ1) is 16.9. The van der Waals surface area contributed by atoms with Gasteiger partial charge >= 0.3 is 17.7 Å². The second-order valence-corrected chi connectivity index (χ2v) is 8.16. The van der Waals surface area contributed by atoms with Gasteiger partial charge in [0.15, 0.2) is 5.96 Å². The molecule has 0 atom stereocenters. The number of aromatic nitrogens is 3. The highest BCUT2D eigenvalue weighted by atomic mass is 35.5. The largest absolute Gasteiger partial charge is 0.573 e. The Morgan fingerprint density at radius 2 is 1.64 bits per heavy atom. The minimum atomic E-state index is -4.84. The van der Waals surface area contributed by atoms with Crippen LogP contribution in [-0.2, 0) is 13.1 Å². The van der Waals surface area contributed by atoms with Crippen LogP contribution in [0.15, 0.2) is 57.0 Å². The number of nitrogens with zero attached hydrogens (tertiary/aromatic N) is 4. The van der Waals surface area contributed by atoms with Crippen LogP contribution in [0.3, 0.4) is 0 Å². The summed E-state index contributed by atoms with van der Waals surface area (Å²) in [7, 11) is 0. The van der Waals surface area contributed by atoms with Gasteiger partial charge in [0.25, 0.3) is 0 Å². The standard InChI is InChI=1S/C21H20Cl2F3N7O3/c22-15-6-3-13(9-16(15)23)11-33-19(34)31-18(30-8-7-29-17(27)28)32(20(33)35)10-12-1-4-14(5-2-12)36-21(24,25)26/h1-6,9H,7-8,10-11H2,(H4,27,28,29)(H,30,31,34). The van der Waals surface area contributed by atoms with Crippen LogP contribution >= 0.6 is 23.2 Å². The van der Waals surface area contributed by atoms with Crippen LogP contribution < -0.4 is 32.9 Å². The van der Waals surface area contributed by atoms with E-state index < -0.39 is 23.5 Å². The van der Waals surface area contributed by atoms with Crippen molar-refractivity contribution >= 4 is 35.1 Å². The summed E-state index contributed by atoms with van der Waals surface area (Å²) in [5, 5.41) is 3.38. The summed E-state index contributed by atoms with van der Waals surface area (Å²) < 4.78 is 43.2. The Balaban J connectivity index is 1.96. The number of anilines is 1. The summed E-state index contributed by atoms with van der Waals surface area (Å²) in [6.07, 6.45) is -4.84. The molecule has 1 heterocycles. The van der Waals surface area contributed by atoms with E-state index in [1.165, 1.54) is 24.3 Å². The number of guanidine groups is 1. The molecule has 0 spiro atoms. The van der Waals surface area contributed by atoms with Crippen molar-refractivity contribution in [3.8, 4) is 5.75 Å². The number of ether oxygens (including phenoxy) is 1. The number of aliphatic imine (C=N–C) groups is 1. The molecule has 0 amide bonds. The summed E-state index contributed by atoms with van der Waals surface area (Å²) in [6.45, 7) is 0.00555. The molecule has 3 rings (SSSR count). The lowest BCUT2D eigenvalue weighted by molar-refractivity contribution is -0.274. The van der Waals surface area contributed by atoms with Gasteiger partial charge in [0.05, 0.1) is 29.7 Å². The van der Waals surface area contributed by atoms with Crippen molar-refractivity contribution in [2.75, 3.05) is 18.4 Å². The second-order valence-electron chi connectivity index (χ2n) is 7.35. The smallest absolute Gasteiger partial charge is 0.406 e. The first-order valence-electron chi connectivity index (χ1n) is 10.2. The molecular weight excluding hydrogens is 526 g/mol. The molecule has 0 radical (unpaired) electrons. The number of alkyl halides is 3. The maximum Gasteiger partial charge on any atom is 0.573 e. The van der Waals surface area contributed by atoms with Crippen molar-refractivity contribution in [3.63, 3.8) is 0 Å². The molecule has 0 aliphatic rings. The molecule has 0 saturated carbocycles. The van der Waals surface area contributed by atoms with Gasteiger partial charge in [-0.25, -0.2) is 14.2 Å². The van der Waals surface area contributed by atoms with E-state index in [-0.39, 0.29) is 43.1 Å². The number of hydrogen-bond acceptors (Lipinski definition) is 6. The first kappa shape index (κ1) is 26.9. The number of hydrogen-bond donors (Lipinski definition) is 3. The number of nitrogens with two attached hydrogens (primary N) is 2. The van der Waals surface area contributed by atoms with E-state index in [0.29, 0.717) is 16.1 Å². The molecule has 15 heteroatoms. The minimum absolute atomic E-state index is 0.0724. The second kappa shape index (κ2) is 11.4. The van der Waals surface area contributed by atoms with Crippen molar-refractivity contribution in [1.82, 2.24) is 14.1 Å². The van der Waals surface area contributed by atoms with Crippen LogP contribution in [0.5, 0.6) is 5.75 Å². The van der Waals surface area contributed by atoms with Crippen molar-refractivity contribution in [2.24, 2.45) is 16.5 Å². The quantitative estimate of drug-likeness (QED) is 0.213. The van der Waals surface area contributed by atoms with Gasteiger partial charge in [-0.2, -0.15) is 4.98 Å². The third-order valence-electron chi connectivity index (χ3n) is 4.66. The zero-order valence-corrected chi connectivity index (χ0v) is 19.9. The Morgan fingerprint density at radius 1 is 1.00 bits per heavy atom. The van der Waals surface area contributed by atoms with Crippen LogP contribution in [-0.4, -0.2) is 39.5 Å². The molecule has 0 aliphatic heterocycles. The fourth-order valence-corrected chi connectivity index (χ4v) is 3.42. The average molecular weight is 546 g/mol. The lowest BCUT2D eigenvalue weighted by atomic mass is 10.2. The highest BCUT2D eigenvalue weighted by Crippen LogP contribution is 2.24. The van der Waals surface area contributed by atoms with Crippen molar-refractivity contribution in [2.45, 2.75) is 19.5 Å². The Hall–Kier alpha value is -3.71. The van der Waals surface area contributed by atoms with Crippen LogP contribution in [0, 0.1) is 0 Å². The third kappa shape index (κ3) is 7.39. The van der Waals surface area contributed by atoms with Crippen LogP contribution in [0.2, 0.25) is 10.0 Å². The molecule has 0 bridgehead atoms. The monoisotopic (exact) mass is 545 g/mol. The van der Waals surface area contributed by atoms with E-state index in [2.05, 4.69) is 20.0 Å². The number of nitrogens with one attached hydrogen (secondary N) is 1. The number of benzene rings is 2. The maximum absolute atomic E-state index is 13.3. The van der Waals surface area contributed by atoms with Gasteiger partial charge in [0.1, 0.15) is 5.75 Å². The van der Waals surface area contributed by atoms with Gasteiger partial charge in [0.2, 0.25) is 5.95 Å². The summed E-state index contributed by atoms with van der Waals surface area (Å²) >= 11 is 12.0. The Kier molecular flexibility index (Phi) is 8.48. The molecule has 36 heavy (non-hydrogen) atoms. The van der Waals surface area contributed by atoms with E-state index in [1.54, 1.807) is 6.07 Å². The van der Waals surface area contributed by atoms with E-state index in [0.717, 1.165) is 21.3 Å². The van der Waals surface area contributed by atoms with Crippen molar-refractivity contribution in [3.05, 3.63) is 84.6 Å². The summed E-state index contributed by atoms with van der Waals surface area (Å²) in [5.41, 5.74) is 10.0. The van der Waals surface area contributed by atoms with Gasteiger partial charge in [-0.1, -0.05) is 41.4 Å². The molecular formula is C21H20Cl2F3N7O3. The van der Waals surface area contributed by atoms with E-state index >= 15 is 0 Å². The highest BCUT2D eigenvalue weighted by molar-refractivity contribution is 6.42. The zero-order chi connectivity index (χ0) is 26.5. The third-order valence-corrected chi connectivity index (χ3v) is 5.40. The SMILES string of the molecule is NC(N)=NCCNc1nc(=O)n(Cc2ccc(Cl)c(Cl)c2)c(=O)n1Cc1ccc(OC(F)(F)F)cc1. The fraction of sp³-hybridized carbons (Fsp3) is 0.238. The first-order valence-corrected chi connectivity index (χ1v) is 11.0. The lowest BCUT2D eigenvalue weighted by Gasteiger charge is -2.16. The van der Waals surface area contributed by atoms with E-state index in [1.807, 2.05) is 0 Å².